The van der Waals surface area contributed by atoms with Crippen molar-refractivity contribution in [1.82, 2.24) is 10.6 Å². The number of carbonyl (C=O) groups excluding carboxylic acids is 3. The first kappa shape index (κ1) is 16.8. The van der Waals surface area contributed by atoms with Crippen LogP contribution in [0.1, 0.15) is 51.4 Å². The molecule has 0 unspecified atom stereocenters. The number of ether oxygens (including phenoxy) is 2. The monoisotopic (exact) mass is 350 g/mol. The molecule has 1 atom stereocenters. The van der Waals surface area contributed by atoms with Crippen LogP contribution < -0.4 is 10.6 Å². The molecule has 4 aliphatic carbocycles. The van der Waals surface area contributed by atoms with Gasteiger partial charge in [-0.1, -0.05) is 0 Å². The Hall–Kier alpha value is -1.63. The van der Waals surface area contributed by atoms with Crippen LogP contribution in [0.15, 0.2) is 0 Å². The van der Waals surface area contributed by atoms with Crippen LogP contribution >= 0.6 is 0 Å². The van der Waals surface area contributed by atoms with Crippen LogP contribution in [0.2, 0.25) is 0 Å². The molecule has 0 spiro atoms. The molecule has 5 fully saturated rings. The highest BCUT2D eigenvalue weighted by Gasteiger charge is 2.51. The average molecular weight is 350 g/mol. The van der Waals surface area contributed by atoms with E-state index in [1.165, 1.54) is 19.3 Å². The van der Waals surface area contributed by atoms with E-state index in [-0.39, 0.29) is 5.54 Å². The topological polar surface area (TPSA) is 93.7 Å². The molecule has 7 nitrogen and oxygen atoms in total. The van der Waals surface area contributed by atoms with Crippen molar-refractivity contribution >= 4 is 17.9 Å². The lowest BCUT2D eigenvalue weighted by molar-refractivity contribution is -0.157. The molecular formula is C18H26N2O5. The summed E-state index contributed by atoms with van der Waals surface area (Å²) in [6.07, 6.45) is 7.81. The molecule has 138 valence electrons. The van der Waals surface area contributed by atoms with Gasteiger partial charge in [0.2, 0.25) is 0 Å². The Morgan fingerprint density at radius 2 is 1.68 bits per heavy atom. The molecule has 25 heavy (non-hydrogen) atoms. The van der Waals surface area contributed by atoms with Gasteiger partial charge >= 0.3 is 12.0 Å². The Morgan fingerprint density at radius 1 is 1.04 bits per heavy atom. The summed E-state index contributed by atoms with van der Waals surface area (Å²) in [6, 6.07) is -0.472. The van der Waals surface area contributed by atoms with Crippen molar-refractivity contribution in [3.05, 3.63) is 0 Å². The molecule has 0 aromatic rings. The van der Waals surface area contributed by atoms with Gasteiger partial charge in [0.05, 0.1) is 0 Å². The van der Waals surface area contributed by atoms with Gasteiger partial charge < -0.3 is 14.8 Å². The maximum absolute atomic E-state index is 12.2. The Morgan fingerprint density at radius 3 is 2.24 bits per heavy atom. The van der Waals surface area contributed by atoms with Gasteiger partial charge in [0.15, 0.2) is 12.7 Å². The molecule has 0 aromatic heterocycles. The van der Waals surface area contributed by atoms with Gasteiger partial charge in [-0.3, -0.25) is 10.1 Å². The fourth-order valence-electron chi connectivity index (χ4n) is 5.69. The van der Waals surface area contributed by atoms with E-state index in [1.807, 2.05) is 0 Å². The molecule has 5 aliphatic rings. The molecule has 1 aliphatic heterocycles. The van der Waals surface area contributed by atoms with Crippen molar-refractivity contribution in [3.8, 4) is 0 Å². The smallest absolute Gasteiger partial charge is 0.335 e. The number of urea groups is 1. The van der Waals surface area contributed by atoms with Gasteiger partial charge in [0.25, 0.3) is 5.91 Å². The second-order valence-corrected chi connectivity index (χ2v) is 8.31. The van der Waals surface area contributed by atoms with E-state index >= 15 is 0 Å². The molecule has 1 heterocycles. The largest absolute Gasteiger partial charge is 0.454 e. The third-order valence-electron chi connectivity index (χ3n) is 6.21. The fraction of sp³-hybridized carbons (Fsp3) is 0.833. The summed E-state index contributed by atoms with van der Waals surface area (Å²) in [6.45, 7) is 0.0897. The summed E-state index contributed by atoms with van der Waals surface area (Å²) in [5.74, 6) is 1.02. The molecule has 7 heteroatoms. The van der Waals surface area contributed by atoms with Crippen LogP contribution in [0.5, 0.6) is 0 Å². The van der Waals surface area contributed by atoms with Crippen LogP contribution in [-0.4, -0.2) is 42.8 Å². The predicted molar refractivity (Wildman–Crippen MR) is 87.5 cm³/mol. The Bertz CT molecular complexity index is 535. The lowest BCUT2D eigenvalue weighted by Gasteiger charge is -2.56. The quantitative estimate of drug-likeness (QED) is 0.750. The number of hydrogen-bond donors (Lipinski definition) is 2. The molecule has 1 saturated heterocycles. The minimum Gasteiger partial charge on any atom is -0.454 e. The molecule has 3 amide bonds. The van der Waals surface area contributed by atoms with Crippen LogP contribution in [0.4, 0.5) is 4.79 Å². The second-order valence-electron chi connectivity index (χ2n) is 8.31. The minimum atomic E-state index is -0.603. The number of imide groups is 1. The van der Waals surface area contributed by atoms with E-state index in [1.54, 1.807) is 0 Å². The highest BCUT2D eigenvalue weighted by atomic mass is 16.6. The van der Waals surface area contributed by atoms with E-state index < -0.39 is 30.6 Å². The Balaban J connectivity index is 1.23. The van der Waals surface area contributed by atoms with Gasteiger partial charge in [-0.2, -0.15) is 0 Å². The van der Waals surface area contributed by atoms with E-state index in [0.29, 0.717) is 13.0 Å². The number of nitrogens with one attached hydrogen (secondary N) is 2. The summed E-state index contributed by atoms with van der Waals surface area (Å²) in [7, 11) is 0. The molecular weight excluding hydrogens is 324 g/mol. The maximum atomic E-state index is 12.2. The minimum absolute atomic E-state index is 0.145. The number of esters is 1. The molecule has 0 radical (unpaired) electrons. The lowest BCUT2D eigenvalue weighted by Crippen LogP contribution is -2.62. The maximum Gasteiger partial charge on any atom is 0.335 e. The van der Waals surface area contributed by atoms with E-state index in [9.17, 15) is 14.4 Å². The molecule has 0 aromatic carbocycles. The highest BCUT2D eigenvalue weighted by Crippen LogP contribution is 2.55. The van der Waals surface area contributed by atoms with E-state index in [0.717, 1.165) is 43.4 Å². The van der Waals surface area contributed by atoms with E-state index in [4.69, 9.17) is 9.47 Å². The van der Waals surface area contributed by atoms with Crippen LogP contribution in [-0.2, 0) is 19.1 Å². The SMILES string of the molecule is O=C(COC(=O)[C@H]1CCCO1)NC(=O)NC12CC3CC(CC(C3)C1)C2. The standard InChI is InChI=1S/C18H26N2O5/c21-15(10-25-16(22)14-2-1-3-24-14)19-17(23)20-18-7-11-4-12(8-18)6-13(5-11)9-18/h11-14H,1-10H2,(H2,19,20,21,23)/t11?,12?,13?,14-,18?/m1/s1. The number of carbonyl (C=O) groups is 3. The van der Waals surface area contributed by atoms with Gasteiger partial charge in [0, 0.05) is 12.1 Å². The molecule has 4 saturated carbocycles. The third-order valence-corrected chi connectivity index (χ3v) is 6.21. The summed E-state index contributed by atoms with van der Waals surface area (Å²) < 4.78 is 10.1. The fourth-order valence-corrected chi connectivity index (χ4v) is 5.69. The molecule has 2 N–H and O–H groups in total. The van der Waals surface area contributed by atoms with Crippen molar-refractivity contribution in [1.29, 1.82) is 0 Å². The first-order valence-corrected chi connectivity index (χ1v) is 9.41. The van der Waals surface area contributed by atoms with Gasteiger partial charge in [0.1, 0.15) is 0 Å². The van der Waals surface area contributed by atoms with Crippen molar-refractivity contribution in [2.24, 2.45) is 17.8 Å². The zero-order valence-electron chi connectivity index (χ0n) is 14.4. The zero-order chi connectivity index (χ0) is 17.4. The first-order chi connectivity index (χ1) is 12.0. The Labute approximate surface area is 147 Å². The van der Waals surface area contributed by atoms with Gasteiger partial charge in [-0.05, 0) is 69.1 Å². The summed E-state index contributed by atoms with van der Waals surface area (Å²) in [4.78, 5) is 35.8. The van der Waals surface area contributed by atoms with Crippen molar-refractivity contribution in [2.45, 2.75) is 63.0 Å². The third kappa shape index (κ3) is 3.66. The first-order valence-electron chi connectivity index (χ1n) is 9.41. The lowest BCUT2D eigenvalue weighted by atomic mass is 9.53. The highest BCUT2D eigenvalue weighted by molar-refractivity contribution is 5.96. The van der Waals surface area contributed by atoms with Gasteiger partial charge in [-0.25, -0.2) is 9.59 Å². The normalized spacial score (nSPS) is 38.4. The van der Waals surface area contributed by atoms with Crippen molar-refractivity contribution in [3.63, 3.8) is 0 Å². The van der Waals surface area contributed by atoms with Crippen molar-refractivity contribution in [2.75, 3.05) is 13.2 Å². The van der Waals surface area contributed by atoms with Crippen LogP contribution in [0, 0.1) is 17.8 Å². The number of hydrogen-bond acceptors (Lipinski definition) is 5. The predicted octanol–water partition coefficient (Wildman–Crippen LogP) is 1.50. The van der Waals surface area contributed by atoms with Gasteiger partial charge in [-0.15, -0.1) is 0 Å². The summed E-state index contributed by atoms with van der Waals surface area (Å²) >= 11 is 0. The second kappa shape index (κ2) is 6.59. The van der Waals surface area contributed by atoms with Crippen LogP contribution in [0.3, 0.4) is 0 Å². The van der Waals surface area contributed by atoms with Crippen LogP contribution in [0.25, 0.3) is 0 Å². The zero-order valence-corrected chi connectivity index (χ0v) is 14.4. The number of amides is 3. The number of rotatable bonds is 4. The average Bonchev–Trinajstić information content (AvgIpc) is 3.05. The van der Waals surface area contributed by atoms with Crippen molar-refractivity contribution < 1.29 is 23.9 Å². The van der Waals surface area contributed by atoms with E-state index in [2.05, 4.69) is 10.6 Å². The summed E-state index contributed by atoms with van der Waals surface area (Å²) in [5.41, 5.74) is -0.145. The molecule has 5 rings (SSSR count). The summed E-state index contributed by atoms with van der Waals surface area (Å²) in [5, 5.41) is 5.36. The molecule has 4 bridgehead atoms. The Kier molecular flexibility index (Phi) is 4.43.